The van der Waals surface area contributed by atoms with Gasteiger partial charge in [-0.2, -0.15) is 0 Å². The Morgan fingerprint density at radius 2 is 2.08 bits per heavy atom. The van der Waals surface area contributed by atoms with Crippen molar-refractivity contribution in [1.82, 2.24) is 10.2 Å². The van der Waals surface area contributed by atoms with Gasteiger partial charge in [0.1, 0.15) is 0 Å². The van der Waals surface area contributed by atoms with Crippen LogP contribution >= 0.6 is 0 Å². The van der Waals surface area contributed by atoms with Crippen LogP contribution in [0.2, 0.25) is 0 Å². The highest BCUT2D eigenvalue weighted by Crippen LogP contribution is 2.37. The normalized spacial score (nSPS) is 22.1. The standard InChI is InChI=1S/C19H26N2O3/c1-21(12-15-6-3-2-4-7-15)19(8-5-9-19)14-20-17(22)10-16-11-18(23)24-13-16/h2-4,6-7,16H,5,8-14H2,1H3,(H,20,22)/t16-/m1/s1. The largest absolute Gasteiger partial charge is 0.465 e. The fourth-order valence-corrected chi connectivity index (χ4v) is 3.60. The van der Waals surface area contributed by atoms with E-state index in [2.05, 4.69) is 41.5 Å². The average Bonchev–Trinajstić information content (AvgIpc) is 2.92. The molecule has 5 nitrogen and oxygen atoms in total. The summed E-state index contributed by atoms with van der Waals surface area (Å²) in [5.41, 5.74) is 1.35. The molecule has 1 aliphatic carbocycles. The maximum absolute atomic E-state index is 12.2. The van der Waals surface area contributed by atoms with Crippen molar-refractivity contribution in [2.45, 2.75) is 44.2 Å². The second kappa shape index (κ2) is 7.34. The van der Waals surface area contributed by atoms with Crippen molar-refractivity contribution < 1.29 is 14.3 Å². The molecule has 2 aliphatic rings. The van der Waals surface area contributed by atoms with Gasteiger partial charge < -0.3 is 10.1 Å². The average molecular weight is 330 g/mol. The molecule has 1 aromatic carbocycles. The number of benzene rings is 1. The Bertz CT molecular complexity index is 584. The van der Waals surface area contributed by atoms with Crippen LogP contribution in [0.4, 0.5) is 0 Å². The molecule has 1 aliphatic heterocycles. The van der Waals surface area contributed by atoms with Crippen LogP contribution in [0.5, 0.6) is 0 Å². The van der Waals surface area contributed by atoms with Crippen molar-refractivity contribution in [1.29, 1.82) is 0 Å². The monoisotopic (exact) mass is 330 g/mol. The number of carbonyl (C=O) groups excluding carboxylic acids is 2. The number of ether oxygens (including phenoxy) is 1. The first-order chi connectivity index (χ1) is 11.6. The Balaban J connectivity index is 1.50. The number of nitrogens with one attached hydrogen (secondary N) is 1. The third kappa shape index (κ3) is 3.96. The maximum Gasteiger partial charge on any atom is 0.306 e. The van der Waals surface area contributed by atoms with Gasteiger partial charge in [-0.25, -0.2) is 0 Å². The van der Waals surface area contributed by atoms with Crippen molar-refractivity contribution in [2.75, 3.05) is 20.2 Å². The molecule has 1 aromatic rings. The maximum atomic E-state index is 12.2. The Morgan fingerprint density at radius 1 is 1.33 bits per heavy atom. The van der Waals surface area contributed by atoms with Crippen LogP contribution in [-0.2, 0) is 20.9 Å². The second-order valence-electron chi connectivity index (χ2n) is 7.15. The first-order valence-electron chi connectivity index (χ1n) is 8.75. The van der Waals surface area contributed by atoms with Gasteiger partial charge in [0.15, 0.2) is 0 Å². The van der Waals surface area contributed by atoms with Gasteiger partial charge in [-0.1, -0.05) is 30.3 Å². The van der Waals surface area contributed by atoms with E-state index < -0.39 is 0 Å². The first kappa shape index (κ1) is 17.0. The van der Waals surface area contributed by atoms with E-state index in [9.17, 15) is 9.59 Å². The van der Waals surface area contributed by atoms with Crippen LogP contribution in [0.25, 0.3) is 0 Å². The Labute approximate surface area is 143 Å². The number of hydrogen-bond donors (Lipinski definition) is 1. The Morgan fingerprint density at radius 3 is 2.67 bits per heavy atom. The Kier molecular flexibility index (Phi) is 5.19. The zero-order valence-corrected chi connectivity index (χ0v) is 14.3. The van der Waals surface area contributed by atoms with Crippen molar-refractivity contribution in [3.8, 4) is 0 Å². The van der Waals surface area contributed by atoms with Gasteiger partial charge in [0.2, 0.25) is 5.91 Å². The SMILES string of the molecule is CN(Cc1ccccc1)C1(CNC(=O)C[C@H]2COC(=O)C2)CCC1. The van der Waals surface area contributed by atoms with Gasteiger partial charge in [-0.3, -0.25) is 14.5 Å². The minimum atomic E-state index is -0.189. The molecule has 3 rings (SSSR count). The summed E-state index contributed by atoms with van der Waals surface area (Å²) in [6.45, 7) is 1.95. The van der Waals surface area contributed by atoms with Crippen molar-refractivity contribution >= 4 is 11.9 Å². The van der Waals surface area contributed by atoms with Crippen molar-refractivity contribution in [2.24, 2.45) is 5.92 Å². The molecule has 1 atom stereocenters. The highest BCUT2D eigenvalue weighted by Gasteiger charge is 2.41. The van der Waals surface area contributed by atoms with Crippen LogP contribution in [0.15, 0.2) is 30.3 Å². The number of likely N-dealkylation sites (N-methyl/N-ethyl adjacent to an activating group) is 1. The molecule has 5 heteroatoms. The Hall–Kier alpha value is -1.88. The highest BCUT2D eigenvalue weighted by atomic mass is 16.5. The predicted molar refractivity (Wildman–Crippen MR) is 91.2 cm³/mol. The van der Waals surface area contributed by atoms with Gasteiger partial charge in [0, 0.05) is 31.0 Å². The lowest BCUT2D eigenvalue weighted by Crippen LogP contribution is -2.58. The zero-order chi connectivity index (χ0) is 17.0. The molecule has 0 aromatic heterocycles. The van der Waals surface area contributed by atoms with E-state index in [-0.39, 0.29) is 23.3 Å². The lowest BCUT2D eigenvalue weighted by Gasteiger charge is -2.49. The molecule has 1 saturated heterocycles. The summed E-state index contributed by atoms with van der Waals surface area (Å²) in [4.78, 5) is 25.7. The van der Waals surface area contributed by atoms with E-state index in [1.54, 1.807) is 0 Å². The summed E-state index contributed by atoms with van der Waals surface area (Å²) >= 11 is 0. The van der Waals surface area contributed by atoms with E-state index >= 15 is 0 Å². The molecule has 0 bridgehead atoms. The minimum absolute atomic E-state index is 0.0256. The molecular weight excluding hydrogens is 304 g/mol. The molecule has 2 fully saturated rings. The van der Waals surface area contributed by atoms with Gasteiger partial charge >= 0.3 is 5.97 Å². The third-order valence-corrected chi connectivity index (χ3v) is 5.38. The van der Waals surface area contributed by atoms with Crippen molar-refractivity contribution in [3.63, 3.8) is 0 Å². The molecule has 130 valence electrons. The van der Waals surface area contributed by atoms with E-state index in [1.165, 1.54) is 12.0 Å². The van der Waals surface area contributed by atoms with Crippen molar-refractivity contribution in [3.05, 3.63) is 35.9 Å². The van der Waals surface area contributed by atoms with Gasteiger partial charge in [-0.05, 0) is 31.9 Å². The van der Waals surface area contributed by atoms with E-state index in [0.29, 0.717) is 26.0 Å². The number of carbonyl (C=O) groups is 2. The fraction of sp³-hybridized carbons (Fsp3) is 0.579. The molecule has 0 radical (unpaired) electrons. The molecule has 0 spiro atoms. The van der Waals surface area contributed by atoms with Crippen LogP contribution in [0, 0.1) is 5.92 Å². The smallest absolute Gasteiger partial charge is 0.306 e. The second-order valence-corrected chi connectivity index (χ2v) is 7.15. The summed E-state index contributed by atoms with van der Waals surface area (Å²) in [6.07, 6.45) is 4.18. The first-order valence-corrected chi connectivity index (χ1v) is 8.75. The topological polar surface area (TPSA) is 58.6 Å². The zero-order valence-electron chi connectivity index (χ0n) is 14.3. The van der Waals surface area contributed by atoms with Gasteiger partial charge in [-0.15, -0.1) is 0 Å². The number of esters is 1. The quantitative estimate of drug-likeness (QED) is 0.778. The number of cyclic esters (lactones) is 1. The molecule has 1 amide bonds. The number of amides is 1. The van der Waals surface area contributed by atoms with Crippen LogP contribution < -0.4 is 5.32 Å². The van der Waals surface area contributed by atoms with Gasteiger partial charge in [0.05, 0.1) is 13.0 Å². The molecule has 1 heterocycles. The molecule has 1 saturated carbocycles. The molecule has 1 N–H and O–H groups in total. The predicted octanol–water partition coefficient (Wildman–Crippen LogP) is 2.11. The summed E-state index contributed by atoms with van der Waals surface area (Å²) in [5.74, 6) is -0.125. The number of rotatable bonds is 7. The lowest BCUT2D eigenvalue weighted by atomic mass is 9.75. The van der Waals surface area contributed by atoms with Crippen LogP contribution in [0.1, 0.15) is 37.7 Å². The highest BCUT2D eigenvalue weighted by molar-refractivity contribution is 5.78. The summed E-state index contributed by atoms with van der Waals surface area (Å²) < 4.78 is 4.92. The third-order valence-electron chi connectivity index (χ3n) is 5.38. The molecule has 0 unspecified atom stereocenters. The summed E-state index contributed by atoms with van der Waals surface area (Å²) in [5, 5.41) is 3.09. The summed E-state index contributed by atoms with van der Waals surface area (Å²) in [7, 11) is 2.14. The minimum Gasteiger partial charge on any atom is -0.465 e. The van der Waals surface area contributed by atoms with E-state index in [4.69, 9.17) is 4.74 Å². The fourth-order valence-electron chi connectivity index (χ4n) is 3.60. The lowest BCUT2D eigenvalue weighted by molar-refractivity contribution is -0.138. The molecular formula is C19H26N2O3. The summed E-state index contributed by atoms with van der Waals surface area (Å²) in [6, 6.07) is 10.4. The van der Waals surface area contributed by atoms with Crippen LogP contribution in [0.3, 0.4) is 0 Å². The van der Waals surface area contributed by atoms with Crippen LogP contribution in [-0.4, -0.2) is 42.5 Å². The van der Waals surface area contributed by atoms with Gasteiger partial charge in [0.25, 0.3) is 0 Å². The van der Waals surface area contributed by atoms with E-state index in [1.807, 2.05) is 6.07 Å². The number of hydrogen-bond acceptors (Lipinski definition) is 4. The molecule has 24 heavy (non-hydrogen) atoms. The van der Waals surface area contributed by atoms with E-state index in [0.717, 1.165) is 19.4 Å². The number of nitrogens with zero attached hydrogens (tertiary/aromatic N) is 1.